The summed E-state index contributed by atoms with van der Waals surface area (Å²) in [5.41, 5.74) is 0.936. The molecule has 1 fully saturated rings. The fourth-order valence-corrected chi connectivity index (χ4v) is 1.92. The first-order chi connectivity index (χ1) is 9.58. The second kappa shape index (κ2) is 4.34. The third kappa shape index (κ3) is 1.87. The molecule has 20 heavy (non-hydrogen) atoms. The van der Waals surface area contributed by atoms with E-state index in [1.54, 1.807) is 6.07 Å². The summed E-state index contributed by atoms with van der Waals surface area (Å²) in [7, 11) is 1.26. The maximum absolute atomic E-state index is 11.5. The number of carbonyl (C=O) groups excluding carboxylic acids is 3. The Morgan fingerprint density at radius 1 is 1.40 bits per heavy atom. The van der Waals surface area contributed by atoms with Crippen molar-refractivity contribution in [2.24, 2.45) is 0 Å². The zero-order chi connectivity index (χ0) is 14.3. The zero-order valence-electron chi connectivity index (χ0n) is 10.3. The van der Waals surface area contributed by atoms with Gasteiger partial charge >= 0.3 is 12.0 Å². The van der Waals surface area contributed by atoms with Gasteiger partial charge in [0.1, 0.15) is 17.0 Å². The molecule has 3 rings (SSSR count). The smallest absolute Gasteiger partial charge is 0.356 e. The summed E-state index contributed by atoms with van der Waals surface area (Å²) in [6, 6.07) is 3.03. The topological polar surface area (TPSA) is 111 Å². The number of fused-ring (bicyclic) bond motifs is 1. The molecular formula is C12H9N3O5. The van der Waals surface area contributed by atoms with E-state index in [2.05, 4.69) is 20.4 Å². The first kappa shape index (κ1) is 12.2. The summed E-state index contributed by atoms with van der Waals surface area (Å²) >= 11 is 0. The Labute approximate surface area is 112 Å². The molecule has 1 atom stereocenters. The van der Waals surface area contributed by atoms with Gasteiger partial charge in [-0.05, 0) is 12.1 Å². The standard InChI is InChI=1S/C12H9N3O5/c1-19-11(17)5-2-3-7-6(13-5)4-8(20-7)9-10(16)15-12(18)14-9/h2-4,9H,1H3,(H2,14,15,16,18). The Bertz CT molecular complexity index is 736. The lowest BCUT2D eigenvalue weighted by Crippen LogP contribution is -2.22. The van der Waals surface area contributed by atoms with Gasteiger partial charge in [0.15, 0.2) is 11.6 Å². The van der Waals surface area contributed by atoms with Crippen LogP contribution in [0.4, 0.5) is 4.79 Å². The van der Waals surface area contributed by atoms with Crippen molar-refractivity contribution in [1.29, 1.82) is 0 Å². The number of nitrogens with zero attached hydrogens (tertiary/aromatic N) is 1. The molecule has 2 aromatic rings. The van der Waals surface area contributed by atoms with Gasteiger partial charge < -0.3 is 14.5 Å². The minimum Gasteiger partial charge on any atom is -0.464 e. The van der Waals surface area contributed by atoms with Crippen molar-refractivity contribution in [3.05, 3.63) is 29.7 Å². The van der Waals surface area contributed by atoms with E-state index in [1.807, 2.05) is 0 Å². The molecule has 102 valence electrons. The average Bonchev–Trinajstić information content (AvgIpc) is 2.99. The fraction of sp³-hybridized carbons (Fsp3) is 0.167. The molecule has 0 aromatic carbocycles. The lowest BCUT2D eigenvalue weighted by Gasteiger charge is -2.00. The fourth-order valence-electron chi connectivity index (χ4n) is 1.92. The van der Waals surface area contributed by atoms with Crippen molar-refractivity contribution in [1.82, 2.24) is 15.6 Å². The van der Waals surface area contributed by atoms with E-state index in [4.69, 9.17) is 4.42 Å². The summed E-state index contributed by atoms with van der Waals surface area (Å²) in [6.45, 7) is 0. The van der Waals surface area contributed by atoms with Crippen LogP contribution in [0.15, 0.2) is 22.6 Å². The van der Waals surface area contributed by atoms with Crippen LogP contribution in [0.5, 0.6) is 0 Å². The van der Waals surface area contributed by atoms with Gasteiger partial charge in [-0.3, -0.25) is 10.1 Å². The molecule has 1 aliphatic heterocycles. The van der Waals surface area contributed by atoms with E-state index >= 15 is 0 Å². The molecule has 1 saturated heterocycles. The van der Waals surface area contributed by atoms with E-state index in [9.17, 15) is 14.4 Å². The van der Waals surface area contributed by atoms with E-state index in [0.717, 1.165) is 0 Å². The number of esters is 1. The molecule has 0 radical (unpaired) electrons. The molecule has 3 heterocycles. The Balaban J connectivity index is 2.00. The van der Waals surface area contributed by atoms with E-state index < -0.39 is 23.9 Å². The number of methoxy groups -OCH3 is 1. The van der Waals surface area contributed by atoms with Gasteiger partial charge in [-0.15, -0.1) is 0 Å². The van der Waals surface area contributed by atoms with Crippen molar-refractivity contribution in [2.45, 2.75) is 6.04 Å². The van der Waals surface area contributed by atoms with Crippen molar-refractivity contribution < 1.29 is 23.5 Å². The predicted molar refractivity (Wildman–Crippen MR) is 64.8 cm³/mol. The Kier molecular flexibility index (Phi) is 2.63. The van der Waals surface area contributed by atoms with Crippen LogP contribution in [0.3, 0.4) is 0 Å². The molecule has 1 aliphatic rings. The summed E-state index contributed by atoms with van der Waals surface area (Å²) in [5, 5.41) is 4.52. The monoisotopic (exact) mass is 275 g/mol. The molecule has 2 aromatic heterocycles. The minimum absolute atomic E-state index is 0.132. The van der Waals surface area contributed by atoms with Crippen LogP contribution in [0.2, 0.25) is 0 Å². The Morgan fingerprint density at radius 3 is 2.85 bits per heavy atom. The molecule has 1 unspecified atom stereocenters. The summed E-state index contributed by atoms with van der Waals surface area (Å²) in [5.74, 6) is -0.818. The van der Waals surface area contributed by atoms with Crippen molar-refractivity contribution in [3.63, 3.8) is 0 Å². The third-order valence-corrected chi connectivity index (χ3v) is 2.85. The molecule has 0 aliphatic carbocycles. The number of rotatable bonds is 2. The second-order valence-corrected chi connectivity index (χ2v) is 4.12. The maximum Gasteiger partial charge on any atom is 0.356 e. The average molecular weight is 275 g/mol. The van der Waals surface area contributed by atoms with Crippen molar-refractivity contribution in [2.75, 3.05) is 7.11 Å². The number of hydrogen-bond acceptors (Lipinski definition) is 6. The first-order valence-corrected chi connectivity index (χ1v) is 5.68. The molecule has 0 bridgehead atoms. The minimum atomic E-state index is -0.890. The number of furan rings is 1. The van der Waals surface area contributed by atoms with E-state index in [0.29, 0.717) is 11.1 Å². The lowest BCUT2D eigenvalue weighted by atomic mass is 10.2. The van der Waals surface area contributed by atoms with Gasteiger partial charge in [0.2, 0.25) is 0 Å². The number of imide groups is 1. The van der Waals surface area contributed by atoms with E-state index in [1.165, 1.54) is 19.2 Å². The number of nitrogens with one attached hydrogen (secondary N) is 2. The zero-order valence-corrected chi connectivity index (χ0v) is 10.3. The number of aromatic nitrogens is 1. The third-order valence-electron chi connectivity index (χ3n) is 2.85. The normalized spacial score (nSPS) is 17.9. The van der Waals surface area contributed by atoms with Crippen LogP contribution in [0.1, 0.15) is 22.3 Å². The summed E-state index contributed by atoms with van der Waals surface area (Å²) < 4.78 is 10.0. The van der Waals surface area contributed by atoms with Crippen molar-refractivity contribution in [3.8, 4) is 0 Å². The van der Waals surface area contributed by atoms with Gasteiger partial charge in [-0.1, -0.05) is 0 Å². The number of pyridine rings is 1. The maximum atomic E-state index is 11.5. The van der Waals surface area contributed by atoms with Crippen LogP contribution in [0, 0.1) is 0 Å². The number of amides is 3. The Hall–Kier alpha value is -2.90. The molecule has 0 spiro atoms. The van der Waals surface area contributed by atoms with Crippen LogP contribution >= 0.6 is 0 Å². The number of carbonyl (C=O) groups is 3. The molecule has 2 N–H and O–H groups in total. The van der Waals surface area contributed by atoms with Gasteiger partial charge in [-0.2, -0.15) is 0 Å². The summed E-state index contributed by atoms with van der Waals surface area (Å²) in [6.07, 6.45) is 0. The predicted octanol–water partition coefficient (Wildman–Crippen LogP) is 0.495. The highest BCUT2D eigenvalue weighted by Crippen LogP contribution is 2.24. The molecule has 8 nitrogen and oxygen atoms in total. The summed E-state index contributed by atoms with van der Waals surface area (Å²) in [4.78, 5) is 38.1. The number of urea groups is 1. The van der Waals surface area contributed by atoms with E-state index in [-0.39, 0.29) is 11.5 Å². The van der Waals surface area contributed by atoms with Gasteiger partial charge in [-0.25, -0.2) is 14.6 Å². The van der Waals surface area contributed by atoms with Gasteiger partial charge in [0, 0.05) is 6.07 Å². The lowest BCUT2D eigenvalue weighted by molar-refractivity contribution is -0.120. The van der Waals surface area contributed by atoms with Crippen LogP contribution in [0.25, 0.3) is 11.1 Å². The second-order valence-electron chi connectivity index (χ2n) is 4.12. The molecule has 0 saturated carbocycles. The number of ether oxygens (including phenoxy) is 1. The van der Waals surface area contributed by atoms with Crippen LogP contribution in [-0.2, 0) is 9.53 Å². The van der Waals surface area contributed by atoms with Gasteiger partial charge in [0.05, 0.1) is 7.11 Å². The largest absolute Gasteiger partial charge is 0.464 e. The Morgan fingerprint density at radius 2 is 2.20 bits per heavy atom. The highest BCUT2D eigenvalue weighted by Gasteiger charge is 2.33. The number of hydrogen-bond donors (Lipinski definition) is 2. The highest BCUT2D eigenvalue weighted by molar-refractivity contribution is 6.04. The highest BCUT2D eigenvalue weighted by atomic mass is 16.5. The quantitative estimate of drug-likeness (QED) is 0.609. The molecular weight excluding hydrogens is 266 g/mol. The first-order valence-electron chi connectivity index (χ1n) is 5.68. The SMILES string of the molecule is COC(=O)c1ccc2oc(C3NC(=O)NC3=O)cc2n1. The van der Waals surface area contributed by atoms with Crippen LogP contribution < -0.4 is 10.6 Å². The van der Waals surface area contributed by atoms with Gasteiger partial charge in [0.25, 0.3) is 5.91 Å². The van der Waals surface area contributed by atoms with Crippen molar-refractivity contribution >= 4 is 29.0 Å². The van der Waals surface area contributed by atoms with Crippen LogP contribution in [-0.4, -0.2) is 30.0 Å². The molecule has 3 amide bonds. The molecule has 8 heteroatoms.